The molecule has 0 amide bonds. The zero-order valence-corrected chi connectivity index (χ0v) is 12.2. The van der Waals surface area contributed by atoms with Gasteiger partial charge in [-0.1, -0.05) is 23.2 Å². The largest absolute Gasteiger partial charge is 0.506 e. The highest BCUT2D eigenvalue weighted by Crippen LogP contribution is 2.31. The molecule has 1 atom stereocenters. The van der Waals surface area contributed by atoms with Gasteiger partial charge in [0.25, 0.3) is 0 Å². The van der Waals surface area contributed by atoms with Crippen LogP contribution in [-0.2, 0) is 16.0 Å². The molecule has 1 aliphatic rings. The molecule has 1 aliphatic heterocycles. The summed E-state index contributed by atoms with van der Waals surface area (Å²) in [6.45, 7) is 2.41. The molecular weight excluding hydrogens is 289 g/mol. The number of phenolic OH excluding ortho intramolecular Hbond substituents is 1. The summed E-state index contributed by atoms with van der Waals surface area (Å²) in [6.07, 6.45) is 0.860. The van der Waals surface area contributed by atoms with Crippen LogP contribution in [0.15, 0.2) is 12.1 Å². The van der Waals surface area contributed by atoms with Crippen LogP contribution in [0.1, 0.15) is 12.0 Å². The summed E-state index contributed by atoms with van der Waals surface area (Å²) in [6, 6.07) is 3.21. The van der Waals surface area contributed by atoms with E-state index in [0.29, 0.717) is 36.9 Å². The summed E-state index contributed by atoms with van der Waals surface area (Å²) >= 11 is 11.8. The van der Waals surface area contributed by atoms with Crippen LogP contribution in [-0.4, -0.2) is 37.6 Å². The molecule has 1 aromatic carbocycles. The van der Waals surface area contributed by atoms with Gasteiger partial charge in [0, 0.05) is 43.8 Å². The van der Waals surface area contributed by atoms with E-state index in [4.69, 9.17) is 32.7 Å². The van der Waals surface area contributed by atoms with E-state index in [2.05, 4.69) is 5.32 Å². The highest BCUT2D eigenvalue weighted by atomic mass is 35.5. The zero-order valence-electron chi connectivity index (χ0n) is 10.7. The minimum atomic E-state index is -0.280. The van der Waals surface area contributed by atoms with E-state index in [9.17, 15) is 5.11 Å². The fourth-order valence-corrected chi connectivity index (χ4v) is 2.68. The van der Waals surface area contributed by atoms with Gasteiger partial charge >= 0.3 is 0 Å². The number of nitrogens with one attached hydrogen (secondary N) is 1. The van der Waals surface area contributed by atoms with Gasteiger partial charge in [0.1, 0.15) is 11.4 Å². The molecule has 1 fully saturated rings. The molecule has 2 N–H and O–H groups in total. The molecule has 1 saturated heterocycles. The first-order valence-corrected chi connectivity index (χ1v) is 6.82. The van der Waals surface area contributed by atoms with Crippen molar-refractivity contribution in [1.82, 2.24) is 5.32 Å². The van der Waals surface area contributed by atoms with Crippen molar-refractivity contribution in [3.05, 3.63) is 27.7 Å². The summed E-state index contributed by atoms with van der Waals surface area (Å²) in [4.78, 5) is 0. The molecule has 0 radical (unpaired) electrons. The maximum Gasteiger partial charge on any atom is 0.138 e. The molecule has 1 aromatic rings. The molecule has 1 heterocycles. The molecule has 19 heavy (non-hydrogen) atoms. The van der Waals surface area contributed by atoms with Gasteiger partial charge in [-0.2, -0.15) is 0 Å². The molecule has 0 aromatic heterocycles. The van der Waals surface area contributed by atoms with E-state index < -0.39 is 0 Å². The van der Waals surface area contributed by atoms with Gasteiger partial charge in [0.05, 0.1) is 11.6 Å². The van der Waals surface area contributed by atoms with Crippen molar-refractivity contribution in [2.24, 2.45) is 0 Å². The lowest BCUT2D eigenvalue weighted by molar-refractivity contribution is -0.0159. The van der Waals surface area contributed by atoms with E-state index in [1.165, 1.54) is 6.07 Å². The lowest BCUT2D eigenvalue weighted by atomic mass is 10.0. The summed E-state index contributed by atoms with van der Waals surface area (Å²) in [7, 11) is 1.68. The first-order chi connectivity index (χ1) is 9.06. The average molecular weight is 306 g/mol. The topological polar surface area (TPSA) is 50.7 Å². The van der Waals surface area contributed by atoms with Crippen molar-refractivity contribution in [2.75, 3.05) is 26.9 Å². The summed E-state index contributed by atoms with van der Waals surface area (Å²) < 4.78 is 10.9. The van der Waals surface area contributed by atoms with E-state index >= 15 is 0 Å². The van der Waals surface area contributed by atoms with Crippen molar-refractivity contribution in [1.29, 1.82) is 0 Å². The quantitative estimate of drug-likeness (QED) is 0.878. The second kappa shape index (κ2) is 6.29. The number of hydrogen-bond acceptors (Lipinski definition) is 4. The Morgan fingerprint density at radius 2 is 2.26 bits per heavy atom. The number of aromatic hydroxyl groups is 1. The van der Waals surface area contributed by atoms with Gasteiger partial charge in [-0.25, -0.2) is 0 Å². The molecule has 2 rings (SSSR count). The van der Waals surface area contributed by atoms with Gasteiger partial charge in [-0.15, -0.1) is 0 Å². The monoisotopic (exact) mass is 305 g/mol. The third kappa shape index (κ3) is 3.52. The number of benzene rings is 1. The Labute approximate surface area is 122 Å². The second-order valence-electron chi connectivity index (χ2n) is 4.69. The third-order valence-corrected chi connectivity index (χ3v) is 3.88. The normalized spacial score (nSPS) is 22.9. The Bertz CT molecular complexity index is 448. The van der Waals surface area contributed by atoms with Crippen LogP contribution in [0.25, 0.3) is 0 Å². The lowest BCUT2D eigenvalue weighted by Gasteiger charge is -2.26. The Kier molecular flexibility index (Phi) is 4.92. The standard InChI is InChI=1S/C13H17Cl2NO3/c1-18-13(2-3-19-8-13)7-16-6-9-4-10(14)5-11(15)12(9)17/h4-5,16-17H,2-3,6-8H2,1H3. The Morgan fingerprint density at radius 1 is 1.47 bits per heavy atom. The van der Waals surface area contributed by atoms with Gasteiger partial charge in [0.15, 0.2) is 0 Å². The fourth-order valence-electron chi connectivity index (χ4n) is 2.14. The van der Waals surface area contributed by atoms with Crippen LogP contribution in [0.5, 0.6) is 5.75 Å². The molecule has 0 spiro atoms. The first kappa shape index (κ1) is 14.9. The van der Waals surface area contributed by atoms with E-state index in [1.54, 1.807) is 13.2 Å². The highest BCUT2D eigenvalue weighted by Gasteiger charge is 2.34. The summed E-state index contributed by atoms with van der Waals surface area (Å²) in [5.74, 6) is 0.0627. The van der Waals surface area contributed by atoms with Crippen LogP contribution >= 0.6 is 23.2 Å². The van der Waals surface area contributed by atoms with E-state index in [-0.39, 0.29) is 16.4 Å². The predicted molar refractivity (Wildman–Crippen MR) is 75.0 cm³/mol. The molecule has 4 nitrogen and oxygen atoms in total. The van der Waals surface area contributed by atoms with Crippen LogP contribution in [0.3, 0.4) is 0 Å². The maximum atomic E-state index is 9.85. The minimum absolute atomic E-state index is 0.0627. The molecule has 106 valence electrons. The van der Waals surface area contributed by atoms with Crippen LogP contribution in [0.2, 0.25) is 10.0 Å². The van der Waals surface area contributed by atoms with Crippen LogP contribution in [0, 0.1) is 0 Å². The number of methoxy groups -OCH3 is 1. The van der Waals surface area contributed by atoms with Crippen LogP contribution < -0.4 is 5.32 Å². The molecular formula is C13H17Cl2NO3. The van der Waals surface area contributed by atoms with Gasteiger partial charge in [-0.3, -0.25) is 0 Å². The molecule has 0 saturated carbocycles. The van der Waals surface area contributed by atoms with Gasteiger partial charge in [0.2, 0.25) is 0 Å². The number of halogens is 2. The third-order valence-electron chi connectivity index (χ3n) is 3.37. The second-order valence-corrected chi connectivity index (χ2v) is 5.53. The van der Waals surface area contributed by atoms with Gasteiger partial charge < -0.3 is 19.9 Å². The van der Waals surface area contributed by atoms with Crippen molar-refractivity contribution >= 4 is 23.2 Å². The highest BCUT2D eigenvalue weighted by molar-refractivity contribution is 6.35. The number of hydrogen-bond donors (Lipinski definition) is 2. The molecule has 0 aliphatic carbocycles. The zero-order chi connectivity index (χ0) is 13.9. The van der Waals surface area contributed by atoms with Crippen molar-refractivity contribution in [3.8, 4) is 5.75 Å². The minimum Gasteiger partial charge on any atom is -0.506 e. The summed E-state index contributed by atoms with van der Waals surface area (Å²) in [5.41, 5.74) is 0.389. The first-order valence-electron chi connectivity index (χ1n) is 6.07. The maximum absolute atomic E-state index is 9.85. The number of ether oxygens (including phenoxy) is 2. The number of phenols is 1. The molecule has 6 heteroatoms. The van der Waals surface area contributed by atoms with Crippen molar-refractivity contribution < 1.29 is 14.6 Å². The molecule has 0 bridgehead atoms. The number of rotatable bonds is 5. The lowest BCUT2D eigenvalue weighted by Crippen LogP contribution is -2.42. The SMILES string of the molecule is COC1(CNCc2cc(Cl)cc(Cl)c2O)CCOC1. The molecule has 1 unspecified atom stereocenters. The van der Waals surface area contributed by atoms with Crippen molar-refractivity contribution in [3.63, 3.8) is 0 Å². The smallest absolute Gasteiger partial charge is 0.138 e. The van der Waals surface area contributed by atoms with Crippen molar-refractivity contribution in [2.45, 2.75) is 18.6 Å². The summed E-state index contributed by atoms with van der Waals surface area (Å²) in [5, 5.41) is 13.9. The Hall–Kier alpha value is -0.520. The van der Waals surface area contributed by atoms with Crippen LogP contribution in [0.4, 0.5) is 0 Å². The average Bonchev–Trinajstić information content (AvgIpc) is 2.84. The predicted octanol–water partition coefficient (Wildman–Crippen LogP) is 2.59. The van der Waals surface area contributed by atoms with Gasteiger partial charge in [-0.05, 0) is 12.1 Å². The fraction of sp³-hybridized carbons (Fsp3) is 0.538. The van der Waals surface area contributed by atoms with E-state index in [1.807, 2.05) is 0 Å². The Balaban J connectivity index is 1.96. The Morgan fingerprint density at radius 3 is 2.89 bits per heavy atom. The van der Waals surface area contributed by atoms with E-state index in [0.717, 1.165) is 6.42 Å².